The summed E-state index contributed by atoms with van der Waals surface area (Å²) in [5.41, 5.74) is 2.53. The molecule has 0 fully saturated rings. The maximum Gasteiger partial charge on any atom is 0.0703 e. The fourth-order valence-corrected chi connectivity index (χ4v) is 1.69. The molecule has 0 aromatic heterocycles. The van der Waals surface area contributed by atoms with E-state index < -0.39 is 0 Å². The Labute approximate surface area is 110 Å². The highest BCUT2D eigenvalue weighted by Crippen LogP contribution is 2.13. The van der Waals surface area contributed by atoms with Gasteiger partial charge in [0.05, 0.1) is 32.0 Å². The standard InChI is InChI=1S/C15H25NO2/c1-12(2)18-10-9-17-11-15(16-4)14-7-5-13(3)6-8-14/h5-8,12,15-16H,9-11H2,1-4H3. The molecule has 0 aliphatic carbocycles. The molecule has 18 heavy (non-hydrogen) atoms. The van der Waals surface area contributed by atoms with Gasteiger partial charge < -0.3 is 14.8 Å². The molecule has 0 bridgehead atoms. The third-order valence-electron chi connectivity index (χ3n) is 2.79. The molecule has 0 heterocycles. The van der Waals surface area contributed by atoms with Crippen molar-refractivity contribution in [1.29, 1.82) is 0 Å². The van der Waals surface area contributed by atoms with Crippen LogP contribution >= 0.6 is 0 Å². The van der Waals surface area contributed by atoms with Crippen molar-refractivity contribution < 1.29 is 9.47 Å². The van der Waals surface area contributed by atoms with Crippen molar-refractivity contribution in [1.82, 2.24) is 5.32 Å². The molecule has 1 aromatic carbocycles. The zero-order chi connectivity index (χ0) is 13.4. The van der Waals surface area contributed by atoms with E-state index in [0.29, 0.717) is 19.8 Å². The Hall–Kier alpha value is -0.900. The SMILES string of the molecule is CNC(COCCOC(C)C)c1ccc(C)cc1. The maximum absolute atomic E-state index is 5.63. The zero-order valence-electron chi connectivity index (χ0n) is 11.9. The summed E-state index contributed by atoms with van der Waals surface area (Å²) in [7, 11) is 1.96. The van der Waals surface area contributed by atoms with Crippen molar-refractivity contribution >= 4 is 0 Å². The van der Waals surface area contributed by atoms with Gasteiger partial charge in [0, 0.05) is 0 Å². The van der Waals surface area contributed by atoms with E-state index in [4.69, 9.17) is 9.47 Å². The Morgan fingerprint density at radius 1 is 1.11 bits per heavy atom. The lowest BCUT2D eigenvalue weighted by molar-refractivity contribution is 0.0142. The first kappa shape index (κ1) is 15.2. The minimum atomic E-state index is 0.240. The number of rotatable bonds is 8. The number of likely N-dealkylation sites (N-methyl/N-ethyl adjacent to an activating group) is 1. The molecule has 3 nitrogen and oxygen atoms in total. The lowest BCUT2D eigenvalue weighted by Gasteiger charge is -2.17. The van der Waals surface area contributed by atoms with E-state index in [1.54, 1.807) is 0 Å². The van der Waals surface area contributed by atoms with Crippen LogP contribution in [0.25, 0.3) is 0 Å². The van der Waals surface area contributed by atoms with Crippen LogP contribution in [0.1, 0.15) is 31.0 Å². The van der Waals surface area contributed by atoms with E-state index in [0.717, 1.165) is 0 Å². The summed E-state index contributed by atoms with van der Waals surface area (Å²) >= 11 is 0. The fraction of sp³-hybridized carbons (Fsp3) is 0.600. The largest absolute Gasteiger partial charge is 0.377 e. The van der Waals surface area contributed by atoms with Crippen LogP contribution in [0, 0.1) is 6.92 Å². The number of ether oxygens (including phenoxy) is 2. The second-order valence-corrected chi connectivity index (χ2v) is 4.75. The van der Waals surface area contributed by atoms with Gasteiger partial charge in [0.25, 0.3) is 0 Å². The average molecular weight is 251 g/mol. The van der Waals surface area contributed by atoms with Crippen LogP contribution in [0.4, 0.5) is 0 Å². The summed E-state index contributed by atoms with van der Waals surface area (Å²) in [5, 5.41) is 3.27. The minimum absolute atomic E-state index is 0.240. The molecule has 1 aromatic rings. The van der Waals surface area contributed by atoms with E-state index in [1.807, 2.05) is 20.9 Å². The predicted molar refractivity (Wildman–Crippen MR) is 74.9 cm³/mol. The van der Waals surface area contributed by atoms with Gasteiger partial charge >= 0.3 is 0 Å². The van der Waals surface area contributed by atoms with Crippen molar-refractivity contribution in [3.63, 3.8) is 0 Å². The fourth-order valence-electron chi connectivity index (χ4n) is 1.69. The second kappa shape index (κ2) is 8.25. The van der Waals surface area contributed by atoms with Crippen LogP contribution in [0.2, 0.25) is 0 Å². The average Bonchev–Trinajstić information content (AvgIpc) is 2.35. The van der Waals surface area contributed by atoms with Gasteiger partial charge in [-0.1, -0.05) is 29.8 Å². The van der Waals surface area contributed by atoms with E-state index in [1.165, 1.54) is 11.1 Å². The molecule has 0 saturated carbocycles. The summed E-state index contributed by atoms with van der Waals surface area (Å²) in [5.74, 6) is 0. The van der Waals surface area contributed by atoms with Crippen LogP contribution < -0.4 is 5.32 Å². The molecule has 3 heteroatoms. The van der Waals surface area contributed by atoms with Crippen molar-refractivity contribution in [3.8, 4) is 0 Å². The van der Waals surface area contributed by atoms with Gasteiger partial charge in [-0.3, -0.25) is 0 Å². The Kier molecular flexibility index (Phi) is 6.94. The number of benzene rings is 1. The van der Waals surface area contributed by atoms with Gasteiger partial charge in [-0.2, -0.15) is 0 Å². The van der Waals surface area contributed by atoms with E-state index >= 15 is 0 Å². The zero-order valence-corrected chi connectivity index (χ0v) is 11.9. The normalized spacial score (nSPS) is 12.9. The Morgan fingerprint density at radius 3 is 2.33 bits per heavy atom. The summed E-state index contributed by atoms with van der Waals surface area (Å²) in [6, 6.07) is 8.78. The van der Waals surface area contributed by atoms with Gasteiger partial charge in [-0.05, 0) is 33.4 Å². The summed E-state index contributed by atoms with van der Waals surface area (Å²) in [4.78, 5) is 0. The number of hydrogen-bond donors (Lipinski definition) is 1. The predicted octanol–water partition coefficient (Wildman–Crippen LogP) is 2.70. The molecule has 1 atom stereocenters. The topological polar surface area (TPSA) is 30.5 Å². The second-order valence-electron chi connectivity index (χ2n) is 4.75. The lowest BCUT2D eigenvalue weighted by atomic mass is 10.1. The lowest BCUT2D eigenvalue weighted by Crippen LogP contribution is -2.23. The number of hydrogen-bond acceptors (Lipinski definition) is 3. The van der Waals surface area contributed by atoms with Crippen LogP contribution in [0.5, 0.6) is 0 Å². The van der Waals surface area contributed by atoms with Crippen LogP contribution in [0.3, 0.4) is 0 Å². The van der Waals surface area contributed by atoms with Gasteiger partial charge in [0.2, 0.25) is 0 Å². The Morgan fingerprint density at radius 2 is 1.78 bits per heavy atom. The molecule has 1 rings (SSSR count). The number of nitrogens with one attached hydrogen (secondary N) is 1. The summed E-state index contributed by atoms with van der Waals surface area (Å²) in [6.45, 7) is 8.12. The van der Waals surface area contributed by atoms with Crippen LogP contribution in [0.15, 0.2) is 24.3 Å². The minimum Gasteiger partial charge on any atom is -0.377 e. The molecule has 0 saturated heterocycles. The highest BCUT2D eigenvalue weighted by molar-refractivity contribution is 5.24. The van der Waals surface area contributed by atoms with E-state index in [2.05, 4.69) is 36.5 Å². The molecule has 1 N–H and O–H groups in total. The van der Waals surface area contributed by atoms with Crippen molar-refractivity contribution in [2.45, 2.75) is 32.9 Å². The van der Waals surface area contributed by atoms with Gasteiger partial charge in [-0.15, -0.1) is 0 Å². The monoisotopic (exact) mass is 251 g/mol. The number of aryl methyl sites for hydroxylation is 1. The van der Waals surface area contributed by atoms with Crippen molar-refractivity contribution in [2.24, 2.45) is 0 Å². The van der Waals surface area contributed by atoms with E-state index in [-0.39, 0.29) is 12.1 Å². The smallest absolute Gasteiger partial charge is 0.0703 e. The third-order valence-corrected chi connectivity index (χ3v) is 2.79. The van der Waals surface area contributed by atoms with Crippen molar-refractivity contribution in [2.75, 3.05) is 26.9 Å². The highest BCUT2D eigenvalue weighted by Gasteiger charge is 2.08. The Balaban J connectivity index is 2.31. The molecule has 0 aliphatic heterocycles. The first-order valence-corrected chi connectivity index (χ1v) is 6.56. The Bertz CT molecular complexity index is 322. The maximum atomic E-state index is 5.63. The van der Waals surface area contributed by atoms with Crippen LogP contribution in [-0.4, -0.2) is 33.0 Å². The summed E-state index contributed by atoms with van der Waals surface area (Å²) < 4.78 is 11.1. The molecule has 102 valence electrons. The molecular formula is C15H25NO2. The molecule has 0 radical (unpaired) electrons. The first-order valence-electron chi connectivity index (χ1n) is 6.56. The molecule has 0 aliphatic rings. The molecule has 0 spiro atoms. The van der Waals surface area contributed by atoms with Gasteiger partial charge in [0.1, 0.15) is 0 Å². The highest BCUT2D eigenvalue weighted by atomic mass is 16.5. The van der Waals surface area contributed by atoms with E-state index in [9.17, 15) is 0 Å². The van der Waals surface area contributed by atoms with Crippen LogP contribution in [-0.2, 0) is 9.47 Å². The first-order chi connectivity index (χ1) is 8.63. The molecular weight excluding hydrogens is 226 g/mol. The van der Waals surface area contributed by atoms with Gasteiger partial charge in [-0.25, -0.2) is 0 Å². The van der Waals surface area contributed by atoms with Gasteiger partial charge in [0.15, 0.2) is 0 Å². The third kappa shape index (κ3) is 5.63. The molecule has 1 unspecified atom stereocenters. The summed E-state index contributed by atoms with van der Waals surface area (Å²) in [6.07, 6.45) is 0.269. The molecule has 0 amide bonds. The quantitative estimate of drug-likeness (QED) is 0.721. The van der Waals surface area contributed by atoms with Crippen molar-refractivity contribution in [3.05, 3.63) is 35.4 Å².